The van der Waals surface area contributed by atoms with Crippen LogP contribution in [-0.2, 0) is 11.2 Å². The zero-order valence-corrected chi connectivity index (χ0v) is 10.6. The molecule has 1 aromatic rings. The topological polar surface area (TPSA) is 49.8 Å². The fourth-order valence-corrected chi connectivity index (χ4v) is 2.63. The first kappa shape index (κ1) is 12.9. The van der Waals surface area contributed by atoms with E-state index >= 15 is 0 Å². The zero-order chi connectivity index (χ0) is 13.0. The van der Waals surface area contributed by atoms with Gasteiger partial charge in [-0.2, -0.15) is 0 Å². The Kier molecular flexibility index (Phi) is 4.20. The molecule has 1 heterocycles. The summed E-state index contributed by atoms with van der Waals surface area (Å²) in [6, 6.07) is 8.26. The van der Waals surface area contributed by atoms with Crippen LogP contribution >= 0.6 is 0 Å². The number of hydrogen-bond acceptors (Lipinski definition) is 3. The van der Waals surface area contributed by atoms with Crippen LogP contribution in [0.3, 0.4) is 0 Å². The first-order chi connectivity index (χ1) is 8.70. The minimum atomic E-state index is -0.748. The van der Waals surface area contributed by atoms with Crippen molar-refractivity contribution in [2.75, 3.05) is 20.2 Å². The average molecular weight is 249 g/mol. The number of para-hydroxylation sites is 1. The van der Waals surface area contributed by atoms with Crippen molar-refractivity contribution in [3.8, 4) is 5.75 Å². The summed E-state index contributed by atoms with van der Waals surface area (Å²) in [5.74, 6) is 0.140. The lowest BCUT2D eigenvalue weighted by Crippen LogP contribution is -2.35. The van der Waals surface area contributed by atoms with E-state index < -0.39 is 5.97 Å². The number of carboxylic acids is 1. The van der Waals surface area contributed by atoms with E-state index in [9.17, 15) is 4.79 Å². The van der Waals surface area contributed by atoms with Gasteiger partial charge in [-0.05, 0) is 37.4 Å². The Morgan fingerprint density at radius 2 is 2.28 bits per heavy atom. The maximum Gasteiger partial charge on any atom is 0.317 e. The highest BCUT2D eigenvalue weighted by atomic mass is 16.5. The lowest BCUT2D eigenvalue weighted by Gasteiger charge is -2.23. The second-order valence-electron chi connectivity index (χ2n) is 4.68. The van der Waals surface area contributed by atoms with Crippen LogP contribution in [0, 0.1) is 0 Å². The standard InChI is InChI=1S/C14H19NO3/c1-18-13-7-3-2-5-11(13)9-12-6-4-8-15(12)10-14(16)17/h2-3,5,7,12H,4,6,8-10H2,1H3,(H,16,17)/t12-/m0/s1. The van der Waals surface area contributed by atoms with Crippen LogP contribution in [0.5, 0.6) is 5.75 Å². The number of aliphatic carboxylic acids is 1. The number of methoxy groups -OCH3 is 1. The van der Waals surface area contributed by atoms with Crippen molar-refractivity contribution in [1.82, 2.24) is 4.90 Å². The number of carbonyl (C=O) groups is 1. The molecule has 1 aromatic carbocycles. The smallest absolute Gasteiger partial charge is 0.317 e. The molecule has 0 saturated carbocycles. The van der Waals surface area contributed by atoms with Crippen LogP contribution in [-0.4, -0.2) is 42.2 Å². The highest BCUT2D eigenvalue weighted by Crippen LogP contribution is 2.25. The Morgan fingerprint density at radius 3 is 3.00 bits per heavy atom. The zero-order valence-electron chi connectivity index (χ0n) is 10.6. The van der Waals surface area contributed by atoms with E-state index in [0.717, 1.165) is 37.1 Å². The first-order valence-electron chi connectivity index (χ1n) is 6.28. The van der Waals surface area contributed by atoms with E-state index in [1.165, 1.54) is 0 Å². The van der Waals surface area contributed by atoms with E-state index in [1.54, 1.807) is 7.11 Å². The number of likely N-dealkylation sites (tertiary alicyclic amines) is 1. The molecule has 0 amide bonds. The molecule has 0 aliphatic carbocycles. The van der Waals surface area contributed by atoms with E-state index in [4.69, 9.17) is 9.84 Å². The monoisotopic (exact) mass is 249 g/mol. The first-order valence-corrected chi connectivity index (χ1v) is 6.28. The SMILES string of the molecule is COc1ccccc1C[C@@H]1CCCN1CC(=O)O. The van der Waals surface area contributed by atoms with Gasteiger partial charge in [-0.15, -0.1) is 0 Å². The van der Waals surface area contributed by atoms with Crippen LogP contribution < -0.4 is 4.74 Å². The molecule has 1 aliphatic heterocycles. The maximum absolute atomic E-state index is 10.8. The van der Waals surface area contributed by atoms with E-state index in [0.29, 0.717) is 6.04 Å². The fraction of sp³-hybridized carbons (Fsp3) is 0.500. The molecular weight excluding hydrogens is 230 g/mol. The second-order valence-corrected chi connectivity index (χ2v) is 4.68. The Hall–Kier alpha value is -1.55. The molecule has 1 aliphatic rings. The number of hydrogen-bond donors (Lipinski definition) is 1. The summed E-state index contributed by atoms with van der Waals surface area (Å²) in [7, 11) is 1.67. The van der Waals surface area contributed by atoms with Crippen molar-refractivity contribution in [3.63, 3.8) is 0 Å². The Morgan fingerprint density at radius 1 is 1.50 bits per heavy atom. The van der Waals surface area contributed by atoms with E-state index in [1.807, 2.05) is 18.2 Å². The van der Waals surface area contributed by atoms with Gasteiger partial charge in [0.25, 0.3) is 0 Å². The quantitative estimate of drug-likeness (QED) is 0.864. The number of ether oxygens (including phenoxy) is 1. The van der Waals surface area contributed by atoms with Gasteiger partial charge in [-0.1, -0.05) is 18.2 Å². The summed E-state index contributed by atoms with van der Waals surface area (Å²) in [6.07, 6.45) is 3.00. The number of carboxylic acid groups (broad SMARTS) is 1. The number of rotatable bonds is 5. The summed E-state index contributed by atoms with van der Waals surface area (Å²) >= 11 is 0. The normalized spacial score (nSPS) is 19.9. The van der Waals surface area contributed by atoms with Gasteiger partial charge in [0.15, 0.2) is 0 Å². The molecular formula is C14H19NO3. The van der Waals surface area contributed by atoms with Crippen molar-refractivity contribution in [3.05, 3.63) is 29.8 Å². The Bertz CT molecular complexity index is 419. The molecule has 1 saturated heterocycles. The predicted molar refractivity (Wildman–Crippen MR) is 68.9 cm³/mol. The van der Waals surface area contributed by atoms with Crippen LogP contribution in [0.25, 0.3) is 0 Å². The molecule has 0 radical (unpaired) electrons. The summed E-state index contributed by atoms with van der Waals surface area (Å²) in [6.45, 7) is 1.02. The molecule has 18 heavy (non-hydrogen) atoms. The molecule has 0 aromatic heterocycles. The van der Waals surface area contributed by atoms with Crippen LogP contribution in [0.4, 0.5) is 0 Å². The van der Waals surface area contributed by atoms with Gasteiger partial charge in [-0.25, -0.2) is 0 Å². The molecule has 1 atom stereocenters. The molecule has 2 rings (SSSR count). The van der Waals surface area contributed by atoms with Crippen molar-refractivity contribution >= 4 is 5.97 Å². The van der Waals surface area contributed by atoms with Gasteiger partial charge in [-0.3, -0.25) is 9.69 Å². The number of benzene rings is 1. The van der Waals surface area contributed by atoms with Crippen LogP contribution in [0.1, 0.15) is 18.4 Å². The van der Waals surface area contributed by atoms with Crippen molar-refractivity contribution in [2.45, 2.75) is 25.3 Å². The highest BCUT2D eigenvalue weighted by Gasteiger charge is 2.26. The summed E-state index contributed by atoms with van der Waals surface area (Å²) in [5, 5.41) is 8.89. The predicted octanol–water partition coefficient (Wildman–Crippen LogP) is 1.79. The molecule has 4 heteroatoms. The minimum absolute atomic E-state index is 0.139. The van der Waals surface area contributed by atoms with Crippen molar-refractivity contribution < 1.29 is 14.6 Å². The lowest BCUT2D eigenvalue weighted by molar-refractivity contribution is -0.138. The van der Waals surface area contributed by atoms with Crippen LogP contribution in [0.15, 0.2) is 24.3 Å². The third-order valence-electron chi connectivity index (χ3n) is 3.49. The van der Waals surface area contributed by atoms with Crippen molar-refractivity contribution in [2.24, 2.45) is 0 Å². The van der Waals surface area contributed by atoms with Crippen molar-refractivity contribution in [1.29, 1.82) is 0 Å². The Balaban J connectivity index is 2.05. The van der Waals surface area contributed by atoms with Gasteiger partial charge < -0.3 is 9.84 Å². The molecule has 0 spiro atoms. The van der Waals surface area contributed by atoms with Gasteiger partial charge in [0.2, 0.25) is 0 Å². The molecule has 1 N–H and O–H groups in total. The number of nitrogens with zero attached hydrogens (tertiary/aromatic N) is 1. The molecule has 0 bridgehead atoms. The summed E-state index contributed by atoms with van der Waals surface area (Å²) in [5.41, 5.74) is 1.15. The highest BCUT2D eigenvalue weighted by molar-refractivity contribution is 5.69. The van der Waals surface area contributed by atoms with Gasteiger partial charge in [0, 0.05) is 6.04 Å². The third kappa shape index (κ3) is 3.01. The lowest BCUT2D eigenvalue weighted by atomic mass is 10.0. The second kappa shape index (κ2) is 5.87. The molecule has 0 unspecified atom stereocenters. The van der Waals surface area contributed by atoms with Gasteiger partial charge in [0.05, 0.1) is 13.7 Å². The maximum atomic E-state index is 10.8. The average Bonchev–Trinajstić information content (AvgIpc) is 2.76. The largest absolute Gasteiger partial charge is 0.496 e. The third-order valence-corrected chi connectivity index (χ3v) is 3.49. The van der Waals surface area contributed by atoms with Crippen LogP contribution in [0.2, 0.25) is 0 Å². The summed E-state index contributed by atoms with van der Waals surface area (Å²) < 4.78 is 5.34. The summed E-state index contributed by atoms with van der Waals surface area (Å²) in [4.78, 5) is 12.9. The van der Waals surface area contributed by atoms with Gasteiger partial charge in [0.1, 0.15) is 5.75 Å². The molecule has 4 nitrogen and oxygen atoms in total. The van der Waals surface area contributed by atoms with Gasteiger partial charge >= 0.3 is 5.97 Å². The molecule has 1 fully saturated rings. The minimum Gasteiger partial charge on any atom is -0.496 e. The molecule has 98 valence electrons. The fourth-order valence-electron chi connectivity index (χ4n) is 2.63. The van der Waals surface area contributed by atoms with E-state index in [-0.39, 0.29) is 6.54 Å². The van der Waals surface area contributed by atoms with E-state index in [2.05, 4.69) is 11.0 Å². The Labute approximate surface area is 107 Å².